The van der Waals surface area contributed by atoms with Crippen LogP contribution < -0.4 is 10.3 Å². The lowest BCUT2D eigenvalue weighted by Crippen LogP contribution is -2.48. The van der Waals surface area contributed by atoms with Crippen LogP contribution in [0.3, 0.4) is 0 Å². The van der Waals surface area contributed by atoms with Crippen LogP contribution in [0.15, 0.2) is 53.3 Å². The van der Waals surface area contributed by atoms with Crippen molar-refractivity contribution in [1.29, 1.82) is 0 Å². The van der Waals surface area contributed by atoms with E-state index in [0.29, 0.717) is 17.9 Å². The largest absolute Gasteiger partial charge is 0.497 e. The average Bonchev–Trinajstić information content (AvgIpc) is 3.67. The van der Waals surface area contributed by atoms with Crippen LogP contribution in [0.5, 0.6) is 5.75 Å². The van der Waals surface area contributed by atoms with Crippen LogP contribution in [-0.2, 0) is 24.2 Å². The number of hydrogen-bond acceptors (Lipinski definition) is 8. The summed E-state index contributed by atoms with van der Waals surface area (Å²) in [5.74, 6) is 1.56. The van der Waals surface area contributed by atoms with E-state index in [1.54, 1.807) is 7.11 Å². The van der Waals surface area contributed by atoms with Gasteiger partial charge in [-0.25, -0.2) is 4.68 Å². The van der Waals surface area contributed by atoms with Gasteiger partial charge in [-0.2, -0.15) is 0 Å². The van der Waals surface area contributed by atoms with Crippen LogP contribution in [-0.4, -0.2) is 81.0 Å². The Hall–Kier alpha value is -3.60. The molecule has 0 aliphatic carbocycles. The highest BCUT2D eigenvalue weighted by atomic mass is 16.5. The summed E-state index contributed by atoms with van der Waals surface area (Å²) in [4.78, 5) is 21.5. The summed E-state index contributed by atoms with van der Waals surface area (Å²) >= 11 is 0. The predicted molar refractivity (Wildman–Crippen MR) is 152 cm³/mol. The van der Waals surface area contributed by atoms with Crippen molar-refractivity contribution >= 4 is 10.9 Å². The van der Waals surface area contributed by atoms with Crippen LogP contribution in [0, 0.1) is 0 Å². The van der Waals surface area contributed by atoms with E-state index in [2.05, 4.69) is 61.5 Å². The SMILES string of the molecule is CCc1ccc2[nH]c(=O)c(C(c3nnnn3CC3CCCO3)N3CCN(Cc4cccc(OC)c4)CC3)cc2c1. The molecule has 0 spiro atoms. The van der Waals surface area contributed by atoms with Crippen molar-refractivity contribution in [2.75, 3.05) is 39.9 Å². The predicted octanol–water partition coefficient (Wildman–Crippen LogP) is 3.17. The maximum absolute atomic E-state index is 13.6. The zero-order chi connectivity index (χ0) is 27.5. The van der Waals surface area contributed by atoms with Crippen molar-refractivity contribution in [2.45, 2.75) is 51.4 Å². The zero-order valence-corrected chi connectivity index (χ0v) is 23.3. The Morgan fingerprint density at radius 2 is 1.98 bits per heavy atom. The van der Waals surface area contributed by atoms with Gasteiger partial charge in [0.2, 0.25) is 0 Å². The molecular formula is C30H37N7O3. The highest BCUT2D eigenvalue weighted by molar-refractivity contribution is 5.80. The third-order valence-corrected chi connectivity index (χ3v) is 8.16. The average molecular weight is 544 g/mol. The first kappa shape index (κ1) is 26.6. The fourth-order valence-corrected chi connectivity index (χ4v) is 5.92. The van der Waals surface area contributed by atoms with E-state index >= 15 is 0 Å². The molecule has 2 unspecified atom stereocenters. The number of fused-ring (bicyclic) bond motifs is 1. The smallest absolute Gasteiger partial charge is 0.253 e. The molecule has 2 aliphatic rings. The molecule has 1 N–H and O–H groups in total. The summed E-state index contributed by atoms with van der Waals surface area (Å²) in [7, 11) is 1.70. The summed E-state index contributed by atoms with van der Waals surface area (Å²) in [6.07, 6.45) is 3.06. The lowest BCUT2D eigenvalue weighted by Gasteiger charge is -2.38. The summed E-state index contributed by atoms with van der Waals surface area (Å²) in [6, 6.07) is 16.1. The highest BCUT2D eigenvalue weighted by Crippen LogP contribution is 2.29. The Balaban J connectivity index is 1.31. The van der Waals surface area contributed by atoms with E-state index in [9.17, 15) is 4.79 Å². The second kappa shape index (κ2) is 11.9. The lowest BCUT2D eigenvalue weighted by molar-refractivity contribution is 0.0840. The van der Waals surface area contributed by atoms with Crippen molar-refractivity contribution in [3.05, 3.63) is 81.4 Å². The van der Waals surface area contributed by atoms with Gasteiger partial charge in [0.05, 0.1) is 19.8 Å². The van der Waals surface area contributed by atoms with Gasteiger partial charge >= 0.3 is 0 Å². The molecule has 2 aromatic carbocycles. The monoisotopic (exact) mass is 543 g/mol. The molecular weight excluding hydrogens is 506 g/mol. The minimum Gasteiger partial charge on any atom is -0.497 e. The number of aromatic amines is 1. The normalized spacial score (nSPS) is 19.3. The molecule has 210 valence electrons. The van der Waals surface area contributed by atoms with Gasteiger partial charge in [0.25, 0.3) is 5.56 Å². The number of aromatic nitrogens is 5. The minimum absolute atomic E-state index is 0.0876. The summed E-state index contributed by atoms with van der Waals surface area (Å²) in [5, 5.41) is 13.9. The van der Waals surface area contributed by atoms with Gasteiger partial charge in [-0.05, 0) is 76.5 Å². The molecule has 2 aromatic heterocycles. The molecule has 40 heavy (non-hydrogen) atoms. The van der Waals surface area contributed by atoms with Crippen molar-refractivity contribution in [1.82, 2.24) is 35.0 Å². The van der Waals surface area contributed by atoms with Crippen LogP contribution in [0.1, 0.15) is 48.3 Å². The van der Waals surface area contributed by atoms with Gasteiger partial charge in [0, 0.05) is 50.4 Å². The number of methoxy groups -OCH3 is 1. The number of ether oxygens (including phenoxy) is 2. The van der Waals surface area contributed by atoms with Crippen LogP contribution in [0.2, 0.25) is 0 Å². The number of aryl methyl sites for hydroxylation is 1. The molecule has 10 nitrogen and oxygen atoms in total. The number of nitrogens with zero attached hydrogens (tertiary/aromatic N) is 6. The Labute approximate surface area is 233 Å². The summed E-state index contributed by atoms with van der Waals surface area (Å²) < 4.78 is 13.1. The molecule has 2 atom stereocenters. The summed E-state index contributed by atoms with van der Waals surface area (Å²) in [6.45, 7) is 7.65. The third kappa shape index (κ3) is 5.65. The topological polar surface area (TPSA) is 101 Å². The molecule has 0 amide bonds. The van der Waals surface area contributed by atoms with E-state index in [1.165, 1.54) is 11.1 Å². The molecule has 10 heteroatoms. The number of tetrazole rings is 1. The number of piperazine rings is 1. The molecule has 2 saturated heterocycles. The van der Waals surface area contributed by atoms with E-state index < -0.39 is 0 Å². The quantitative estimate of drug-likeness (QED) is 0.344. The van der Waals surface area contributed by atoms with Gasteiger partial charge in [-0.1, -0.05) is 25.1 Å². The first-order valence-corrected chi connectivity index (χ1v) is 14.2. The van der Waals surface area contributed by atoms with E-state index in [-0.39, 0.29) is 17.7 Å². The molecule has 4 aromatic rings. The van der Waals surface area contributed by atoms with Crippen molar-refractivity contribution in [3.8, 4) is 5.75 Å². The second-order valence-electron chi connectivity index (χ2n) is 10.7. The Bertz CT molecular complexity index is 1500. The fraction of sp³-hybridized carbons (Fsp3) is 0.467. The Morgan fingerprint density at radius 3 is 2.75 bits per heavy atom. The molecule has 0 saturated carbocycles. The van der Waals surface area contributed by atoms with Gasteiger partial charge < -0.3 is 14.5 Å². The van der Waals surface area contributed by atoms with Gasteiger partial charge in [0.1, 0.15) is 11.8 Å². The third-order valence-electron chi connectivity index (χ3n) is 8.16. The maximum atomic E-state index is 13.6. The van der Waals surface area contributed by atoms with Gasteiger partial charge in [0.15, 0.2) is 5.82 Å². The number of H-pyrrole nitrogens is 1. The molecule has 6 rings (SSSR count). The highest BCUT2D eigenvalue weighted by Gasteiger charge is 2.33. The van der Waals surface area contributed by atoms with Crippen molar-refractivity contribution in [3.63, 3.8) is 0 Å². The standard InChI is InChI=1S/C30H37N7O3/c1-3-21-9-10-27-23(16-21)18-26(30(38)31-27)28(29-32-33-34-37(29)20-25-8-5-15-40-25)36-13-11-35(12-14-36)19-22-6-4-7-24(17-22)39-2/h4,6-7,9-10,16-18,25,28H,3,5,8,11-15,19-20H2,1-2H3,(H,31,38). The van der Waals surface area contributed by atoms with Crippen molar-refractivity contribution in [2.24, 2.45) is 0 Å². The van der Waals surface area contributed by atoms with E-state index in [1.807, 2.05) is 28.9 Å². The first-order valence-electron chi connectivity index (χ1n) is 14.2. The Morgan fingerprint density at radius 1 is 1.10 bits per heavy atom. The lowest BCUT2D eigenvalue weighted by atomic mass is 10.0. The molecule has 0 bridgehead atoms. The van der Waals surface area contributed by atoms with Crippen LogP contribution >= 0.6 is 0 Å². The number of benzene rings is 2. The molecule has 2 aliphatic heterocycles. The number of hydrogen-bond donors (Lipinski definition) is 1. The van der Waals surface area contributed by atoms with E-state index in [4.69, 9.17) is 9.47 Å². The zero-order valence-electron chi connectivity index (χ0n) is 23.3. The number of nitrogens with one attached hydrogen (secondary N) is 1. The van der Waals surface area contributed by atoms with Crippen molar-refractivity contribution < 1.29 is 9.47 Å². The van der Waals surface area contributed by atoms with Crippen LogP contribution in [0.25, 0.3) is 10.9 Å². The second-order valence-corrected chi connectivity index (χ2v) is 10.7. The van der Waals surface area contributed by atoms with Gasteiger partial charge in [-0.15, -0.1) is 5.10 Å². The maximum Gasteiger partial charge on any atom is 0.253 e. The number of pyridine rings is 1. The summed E-state index contributed by atoms with van der Waals surface area (Å²) in [5.41, 5.74) is 3.86. The number of rotatable bonds is 9. The Kier molecular flexibility index (Phi) is 7.90. The first-order chi connectivity index (χ1) is 19.6. The molecule has 0 radical (unpaired) electrons. The fourth-order valence-electron chi connectivity index (χ4n) is 5.92. The van der Waals surface area contributed by atoms with E-state index in [0.717, 1.165) is 75.2 Å². The van der Waals surface area contributed by atoms with Crippen LogP contribution in [0.4, 0.5) is 0 Å². The molecule has 4 heterocycles. The molecule has 2 fully saturated rings. The minimum atomic E-state index is -0.367. The van der Waals surface area contributed by atoms with Gasteiger partial charge in [-0.3, -0.25) is 14.6 Å².